The minimum Gasteiger partial charge on any atom is -0.492 e. The molecule has 1 saturated heterocycles. The van der Waals surface area contributed by atoms with E-state index >= 15 is 0 Å². The molecule has 0 bridgehead atoms. The van der Waals surface area contributed by atoms with E-state index in [0.717, 1.165) is 32.0 Å². The van der Waals surface area contributed by atoms with Crippen LogP contribution in [0.15, 0.2) is 30.3 Å². The Balaban J connectivity index is 1.60. The van der Waals surface area contributed by atoms with Crippen molar-refractivity contribution in [2.45, 2.75) is 25.8 Å². The van der Waals surface area contributed by atoms with Gasteiger partial charge >= 0.3 is 0 Å². The number of nitrogens with one attached hydrogen (secondary N) is 1. The third kappa shape index (κ3) is 4.31. The fraction of sp³-hybridized carbons (Fsp3) is 0.600. The highest BCUT2D eigenvalue weighted by atomic mass is 16.5. The lowest BCUT2D eigenvalue weighted by Gasteiger charge is -2.16. The minimum absolute atomic E-state index is 0.682. The maximum atomic E-state index is 5.72. The molecule has 1 fully saturated rings. The average molecular weight is 248 g/mol. The zero-order chi connectivity index (χ0) is 12.6. The summed E-state index contributed by atoms with van der Waals surface area (Å²) in [6.45, 7) is 7.52. The second-order valence-electron chi connectivity index (χ2n) is 4.90. The lowest BCUT2D eigenvalue weighted by Crippen LogP contribution is -2.34. The van der Waals surface area contributed by atoms with Crippen molar-refractivity contribution in [1.29, 1.82) is 0 Å². The van der Waals surface area contributed by atoms with E-state index in [4.69, 9.17) is 4.74 Å². The Morgan fingerprint density at radius 2 is 2.17 bits per heavy atom. The summed E-state index contributed by atoms with van der Waals surface area (Å²) in [7, 11) is 0. The standard InChI is InChI=1S/C15H24N2O/c1-2-9-16-14-8-10-17(13-14)11-12-18-15-6-4-3-5-7-15/h3-7,14,16H,2,8-13H2,1H3. The summed E-state index contributed by atoms with van der Waals surface area (Å²) in [4.78, 5) is 2.48. The molecule has 1 aromatic carbocycles. The van der Waals surface area contributed by atoms with Crippen LogP contribution in [0.2, 0.25) is 0 Å². The number of hydrogen-bond donors (Lipinski definition) is 1. The first-order chi connectivity index (χ1) is 8.88. The van der Waals surface area contributed by atoms with Crippen molar-refractivity contribution >= 4 is 0 Å². The number of nitrogens with zero attached hydrogens (tertiary/aromatic N) is 1. The van der Waals surface area contributed by atoms with E-state index in [1.165, 1.54) is 19.4 Å². The van der Waals surface area contributed by atoms with Crippen LogP contribution in [0.4, 0.5) is 0 Å². The largest absolute Gasteiger partial charge is 0.492 e. The van der Waals surface area contributed by atoms with E-state index in [1.54, 1.807) is 0 Å². The molecule has 1 heterocycles. The van der Waals surface area contributed by atoms with Crippen LogP contribution >= 0.6 is 0 Å². The molecule has 100 valence electrons. The second-order valence-corrected chi connectivity index (χ2v) is 4.90. The van der Waals surface area contributed by atoms with Gasteiger partial charge in [-0.3, -0.25) is 4.90 Å². The van der Waals surface area contributed by atoms with Crippen molar-refractivity contribution in [3.8, 4) is 5.75 Å². The van der Waals surface area contributed by atoms with E-state index in [9.17, 15) is 0 Å². The average Bonchev–Trinajstić information content (AvgIpc) is 2.85. The molecule has 0 saturated carbocycles. The maximum absolute atomic E-state index is 5.72. The zero-order valence-corrected chi connectivity index (χ0v) is 11.3. The Hall–Kier alpha value is -1.06. The van der Waals surface area contributed by atoms with E-state index in [2.05, 4.69) is 17.1 Å². The van der Waals surface area contributed by atoms with Crippen molar-refractivity contribution in [2.75, 3.05) is 32.8 Å². The zero-order valence-electron chi connectivity index (χ0n) is 11.3. The molecular formula is C15H24N2O. The van der Waals surface area contributed by atoms with Crippen LogP contribution in [-0.4, -0.2) is 43.7 Å². The monoisotopic (exact) mass is 248 g/mol. The van der Waals surface area contributed by atoms with Gasteiger partial charge in [0.05, 0.1) is 0 Å². The number of rotatable bonds is 7. The van der Waals surface area contributed by atoms with Gasteiger partial charge in [0.1, 0.15) is 12.4 Å². The van der Waals surface area contributed by atoms with E-state index in [1.807, 2.05) is 30.3 Å². The Kier molecular flexibility index (Phi) is 5.49. The van der Waals surface area contributed by atoms with Crippen LogP contribution in [0.1, 0.15) is 19.8 Å². The molecule has 2 rings (SSSR count). The SMILES string of the molecule is CCCNC1CCN(CCOc2ccccc2)C1. The molecule has 0 radical (unpaired) electrons. The van der Waals surface area contributed by atoms with Gasteiger partial charge in [-0.1, -0.05) is 25.1 Å². The fourth-order valence-corrected chi connectivity index (χ4v) is 2.36. The molecule has 1 atom stereocenters. The third-order valence-electron chi connectivity index (χ3n) is 3.37. The van der Waals surface area contributed by atoms with Crippen molar-refractivity contribution in [2.24, 2.45) is 0 Å². The van der Waals surface area contributed by atoms with E-state index < -0.39 is 0 Å². The van der Waals surface area contributed by atoms with Gasteiger partial charge in [0.25, 0.3) is 0 Å². The molecule has 1 aliphatic rings. The molecule has 1 N–H and O–H groups in total. The van der Waals surface area contributed by atoms with Gasteiger partial charge < -0.3 is 10.1 Å². The topological polar surface area (TPSA) is 24.5 Å². The fourth-order valence-electron chi connectivity index (χ4n) is 2.36. The van der Waals surface area contributed by atoms with E-state index in [0.29, 0.717) is 6.04 Å². The Morgan fingerprint density at radius 3 is 2.94 bits per heavy atom. The van der Waals surface area contributed by atoms with Crippen LogP contribution in [0.25, 0.3) is 0 Å². The van der Waals surface area contributed by atoms with Gasteiger partial charge in [-0.25, -0.2) is 0 Å². The normalized spacial score (nSPS) is 20.2. The van der Waals surface area contributed by atoms with Crippen LogP contribution in [0, 0.1) is 0 Å². The highest BCUT2D eigenvalue weighted by Crippen LogP contribution is 2.11. The van der Waals surface area contributed by atoms with Gasteiger partial charge in [-0.2, -0.15) is 0 Å². The van der Waals surface area contributed by atoms with Crippen LogP contribution in [0.3, 0.4) is 0 Å². The molecule has 1 unspecified atom stereocenters. The predicted molar refractivity (Wildman–Crippen MR) is 75.1 cm³/mol. The van der Waals surface area contributed by atoms with Crippen LogP contribution in [0.5, 0.6) is 5.75 Å². The summed E-state index contributed by atoms with van der Waals surface area (Å²) >= 11 is 0. The number of benzene rings is 1. The smallest absolute Gasteiger partial charge is 0.119 e. The van der Waals surface area contributed by atoms with Crippen molar-refractivity contribution in [1.82, 2.24) is 10.2 Å². The lowest BCUT2D eigenvalue weighted by atomic mass is 10.2. The molecule has 0 spiro atoms. The first kappa shape index (κ1) is 13.4. The number of ether oxygens (including phenoxy) is 1. The predicted octanol–water partition coefficient (Wildman–Crippen LogP) is 2.14. The maximum Gasteiger partial charge on any atom is 0.119 e. The summed E-state index contributed by atoms with van der Waals surface area (Å²) in [6, 6.07) is 10.7. The summed E-state index contributed by atoms with van der Waals surface area (Å²) in [5.41, 5.74) is 0. The Bertz CT molecular complexity index is 329. The molecule has 0 aromatic heterocycles. The van der Waals surface area contributed by atoms with Gasteiger partial charge in [-0.05, 0) is 38.1 Å². The lowest BCUT2D eigenvalue weighted by molar-refractivity contribution is 0.234. The van der Waals surface area contributed by atoms with Gasteiger partial charge in [0, 0.05) is 19.1 Å². The van der Waals surface area contributed by atoms with Crippen LogP contribution in [-0.2, 0) is 0 Å². The first-order valence-electron chi connectivity index (χ1n) is 7.02. The summed E-state index contributed by atoms with van der Waals surface area (Å²) in [5.74, 6) is 0.970. The molecule has 3 heteroatoms. The van der Waals surface area contributed by atoms with Gasteiger partial charge in [-0.15, -0.1) is 0 Å². The highest BCUT2D eigenvalue weighted by Gasteiger charge is 2.21. The van der Waals surface area contributed by atoms with Crippen molar-refractivity contribution in [3.63, 3.8) is 0 Å². The van der Waals surface area contributed by atoms with Crippen molar-refractivity contribution < 1.29 is 4.74 Å². The summed E-state index contributed by atoms with van der Waals surface area (Å²) < 4.78 is 5.72. The van der Waals surface area contributed by atoms with Crippen molar-refractivity contribution in [3.05, 3.63) is 30.3 Å². The Morgan fingerprint density at radius 1 is 1.33 bits per heavy atom. The minimum atomic E-state index is 0.682. The highest BCUT2D eigenvalue weighted by molar-refractivity contribution is 5.20. The van der Waals surface area contributed by atoms with Gasteiger partial charge in [0.2, 0.25) is 0 Å². The Labute approximate surface area is 110 Å². The molecular weight excluding hydrogens is 224 g/mol. The second kappa shape index (κ2) is 7.39. The molecule has 0 aliphatic carbocycles. The number of likely N-dealkylation sites (tertiary alicyclic amines) is 1. The number of hydrogen-bond acceptors (Lipinski definition) is 3. The molecule has 3 nitrogen and oxygen atoms in total. The number of para-hydroxylation sites is 1. The van der Waals surface area contributed by atoms with E-state index in [-0.39, 0.29) is 0 Å². The summed E-state index contributed by atoms with van der Waals surface area (Å²) in [6.07, 6.45) is 2.49. The third-order valence-corrected chi connectivity index (χ3v) is 3.37. The first-order valence-corrected chi connectivity index (χ1v) is 7.02. The molecule has 1 aromatic rings. The molecule has 18 heavy (non-hydrogen) atoms. The summed E-state index contributed by atoms with van der Waals surface area (Å²) in [5, 5.41) is 3.59. The van der Waals surface area contributed by atoms with Crippen LogP contribution < -0.4 is 10.1 Å². The van der Waals surface area contributed by atoms with Gasteiger partial charge in [0.15, 0.2) is 0 Å². The molecule has 1 aliphatic heterocycles. The molecule has 0 amide bonds. The quantitative estimate of drug-likeness (QED) is 0.800.